The number of hydrogen-bond donors (Lipinski definition) is 1. The van der Waals surface area contributed by atoms with Crippen LogP contribution in [0.1, 0.15) is 39.2 Å². The Balaban J connectivity index is 1.79. The van der Waals surface area contributed by atoms with Crippen molar-refractivity contribution in [3.8, 4) is 0 Å². The average molecular weight is 343 g/mol. The van der Waals surface area contributed by atoms with Crippen LogP contribution in [0.15, 0.2) is 17.4 Å². The first-order valence-electron chi connectivity index (χ1n) is 8.99. The number of nitrogens with zero attached hydrogens (tertiary/aromatic N) is 4. The maximum Gasteiger partial charge on any atom is 0.220 e. The number of nitrogens with one attached hydrogen (secondary N) is 1. The maximum absolute atomic E-state index is 5.88. The lowest BCUT2D eigenvalue weighted by Gasteiger charge is -2.25. The number of fused-ring (bicyclic) bond motifs is 1. The Morgan fingerprint density at radius 3 is 2.76 bits per heavy atom. The van der Waals surface area contributed by atoms with Crippen molar-refractivity contribution in [2.75, 3.05) is 25.1 Å². The minimum Gasteiger partial charge on any atom is -0.475 e. The fourth-order valence-electron chi connectivity index (χ4n) is 3.34. The van der Waals surface area contributed by atoms with Crippen LogP contribution in [-0.2, 0) is 16.0 Å². The molecule has 0 aliphatic carbocycles. The molecular formula is C18H25N5O2. The molecule has 0 bridgehead atoms. The van der Waals surface area contributed by atoms with Crippen molar-refractivity contribution in [1.29, 1.82) is 0 Å². The monoisotopic (exact) mass is 343 g/mol. The second-order valence-electron chi connectivity index (χ2n) is 7.29. The van der Waals surface area contributed by atoms with Gasteiger partial charge in [0.2, 0.25) is 5.90 Å². The molecule has 7 heteroatoms. The maximum atomic E-state index is 5.88. The quantitative estimate of drug-likeness (QED) is 0.924. The molecule has 2 aliphatic heterocycles. The number of aliphatic imine (C=N–C) groups is 1. The largest absolute Gasteiger partial charge is 0.475 e. The molecule has 0 atom stereocenters. The Morgan fingerprint density at radius 1 is 1.28 bits per heavy atom. The molecule has 2 aliphatic rings. The third-order valence-electron chi connectivity index (χ3n) is 4.73. The van der Waals surface area contributed by atoms with Gasteiger partial charge in [0.1, 0.15) is 6.61 Å². The van der Waals surface area contributed by atoms with Gasteiger partial charge in [0.25, 0.3) is 0 Å². The van der Waals surface area contributed by atoms with E-state index in [0.29, 0.717) is 18.5 Å². The van der Waals surface area contributed by atoms with Crippen molar-refractivity contribution in [2.45, 2.75) is 51.7 Å². The van der Waals surface area contributed by atoms with Crippen LogP contribution in [0.4, 0.5) is 5.69 Å². The molecule has 0 radical (unpaired) electrons. The van der Waals surface area contributed by atoms with E-state index in [9.17, 15) is 0 Å². The lowest BCUT2D eigenvalue weighted by Crippen LogP contribution is -2.28. The molecule has 1 fully saturated rings. The molecule has 134 valence electrons. The number of hydrogen-bond acceptors (Lipinski definition) is 6. The first-order valence-corrected chi connectivity index (χ1v) is 8.99. The summed E-state index contributed by atoms with van der Waals surface area (Å²) in [7, 11) is 0. The van der Waals surface area contributed by atoms with Crippen LogP contribution in [0.25, 0.3) is 11.0 Å². The predicted octanol–water partition coefficient (Wildman–Crippen LogP) is 2.60. The molecule has 0 spiro atoms. The van der Waals surface area contributed by atoms with E-state index in [4.69, 9.17) is 14.5 Å². The molecule has 0 saturated carbocycles. The number of ether oxygens (including phenoxy) is 2. The molecule has 2 aromatic rings. The van der Waals surface area contributed by atoms with Crippen LogP contribution in [0.5, 0.6) is 0 Å². The van der Waals surface area contributed by atoms with E-state index in [-0.39, 0.29) is 5.54 Å². The molecule has 25 heavy (non-hydrogen) atoms. The van der Waals surface area contributed by atoms with Crippen LogP contribution in [0, 0.1) is 0 Å². The first-order chi connectivity index (χ1) is 12.1. The van der Waals surface area contributed by atoms with E-state index in [1.807, 2.05) is 17.1 Å². The molecule has 0 aromatic carbocycles. The summed E-state index contributed by atoms with van der Waals surface area (Å²) in [5.41, 5.74) is 2.63. The Hall–Kier alpha value is -2.15. The van der Waals surface area contributed by atoms with E-state index >= 15 is 0 Å². The molecule has 4 rings (SSSR count). The zero-order valence-electron chi connectivity index (χ0n) is 15.1. The number of rotatable bonds is 4. The highest BCUT2D eigenvalue weighted by Crippen LogP contribution is 2.31. The number of anilines is 1. The number of aromatic nitrogens is 3. The Bertz CT molecular complexity index is 805. The zero-order chi connectivity index (χ0) is 17.4. The van der Waals surface area contributed by atoms with Gasteiger partial charge in [0, 0.05) is 32.0 Å². The third-order valence-corrected chi connectivity index (χ3v) is 4.73. The topological polar surface area (TPSA) is 73.6 Å². The molecule has 0 unspecified atom stereocenters. The third kappa shape index (κ3) is 3.08. The zero-order valence-corrected chi connectivity index (χ0v) is 15.1. The van der Waals surface area contributed by atoms with Crippen LogP contribution in [0.2, 0.25) is 0 Å². The smallest absolute Gasteiger partial charge is 0.220 e. The van der Waals surface area contributed by atoms with Crippen molar-refractivity contribution < 1.29 is 9.47 Å². The molecule has 7 nitrogen and oxygen atoms in total. The van der Waals surface area contributed by atoms with Crippen molar-refractivity contribution >= 4 is 22.6 Å². The Labute approximate surface area is 147 Å². The van der Waals surface area contributed by atoms with Gasteiger partial charge >= 0.3 is 0 Å². The summed E-state index contributed by atoms with van der Waals surface area (Å²) in [6, 6.07) is 0.373. The van der Waals surface area contributed by atoms with Crippen LogP contribution in [-0.4, -0.2) is 52.1 Å². The SMILES string of the molecule is CCn1ncc2c(NC3CCOCC3)c(C3=NC(C)(C)CO3)cnc21. The van der Waals surface area contributed by atoms with E-state index in [0.717, 1.165) is 54.9 Å². The number of pyridine rings is 1. The van der Waals surface area contributed by atoms with Gasteiger partial charge in [-0.15, -0.1) is 0 Å². The first kappa shape index (κ1) is 16.3. The minimum absolute atomic E-state index is 0.201. The molecule has 4 heterocycles. The van der Waals surface area contributed by atoms with Gasteiger partial charge in [-0.3, -0.25) is 0 Å². The summed E-state index contributed by atoms with van der Waals surface area (Å²) < 4.78 is 13.3. The van der Waals surface area contributed by atoms with Crippen molar-refractivity contribution in [3.63, 3.8) is 0 Å². The van der Waals surface area contributed by atoms with Crippen LogP contribution < -0.4 is 5.32 Å². The van der Waals surface area contributed by atoms with Gasteiger partial charge in [-0.25, -0.2) is 14.7 Å². The normalized spacial score (nSPS) is 20.5. The lowest BCUT2D eigenvalue weighted by molar-refractivity contribution is 0.0905. The molecule has 0 amide bonds. The lowest BCUT2D eigenvalue weighted by atomic mass is 10.1. The van der Waals surface area contributed by atoms with Crippen LogP contribution in [0.3, 0.4) is 0 Å². The second-order valence-corrected chi connectivity index (χ2v) is 7.29. The van der Waals surface area contributed by atoms with Gasteiger partial charge in [0.05, 0.1) is 28.4 Å². The fourth-order valence-corrected chi connectivity index (χ4v) is 3.34. The summed E-state index contributed by atoms with van der Waals surface area (Å²) in [5.74, 6) is 0.665. The molecular weight excluding hydrogens is 318 g/mol. The van der Waals surface area contributed by atoms with Crippen molar-refractivity contribution in [3.05, 3.63) is 18.0 Å². The summed E-state index contributed by atoms with van der Waals surface area (Å²) in [5, 5.41) is 9.19. The highest BCUT2D eigenvalue weighted by atomic mass is 16.5. The number of aryl methyl sites for hydroxylation is 1. The van der Waals surface area contributed by atoms with E-state index < -0.39 is 0 Å². The van der Waals surface area contributed by atoms with E-state index in [1.165, 1.54) is 0 Å². The van der Waals surface area contributed by atoms with Gasteiger partial charge in [-0.2, -0.15) is 5.10 Å². The average Bonchev–Trinajstić information content (AvgIpc) is 3.19. The van der Waals surface area contributed by atoms with Crippen LogP contribution >= 0.6 is 0 Å². The Kier molecular flexibility index (Phi) is 4.11. The van der Waals surface area contributed by atoms with E-state index in [2.05, 4.69) is 36.2 Å². The van der Waals surface area contributed by atoms with Gasteiger partial charge in [0.15, 0.2) is 5.65 Å². The predicted molar refractivity (Wildman–Crippen MR) is 97.2 cm³/mol. The van der Waals surface area contributed by atoms with Crippen molar-refractivity contribution in [1.82, 2.24) is 14.8 Å². The van der Waals surface area contributed by atoms with Gasteiger partial charge in [-0.1, -0.05) is 0 Å². The summed E-state index contributed by atoms with van der Waals surface area (Å²) >= 11 is 0. The highest BCUT2D eigenvalue weighted by molar-refractivity contribution is 6.07. The fraction of sp³-hybridized carbons (Fsp3) is 0.611. The molecule has 1 N–H and O–H groups in total. The van der Waals surface area contributed by atoms with E-state index in [1.54, 1.807) is 0 Å². The minimum atomic E-state index is -0.201. The second kappa shape index (κ2) is 6.29. The highest BCUT2D eigenvalue weighted by Gasteiger charge is 2.30. The van der Waals surface area contributed by atoms with Gasteiger partial charge < -0.3 is 14.8 Å². The standard InChI is InChI=1S/C18H25N5O2/c1-4-23-16-13(10-20-23)15(21-12-5-7-24-8-6-12)14(9-19-16)17-22-18(2,3)11-25-17/h9-10,12H,4-8,11H2,1-3H3,(H,19,21). The van der Waals surface area contributed by atoms with Crippen molar-refractivity contribution in [2.24, 2.45) is 4.99 Å². The Morgan fingerprint density at radius 2 is 2.08 bits per heavy atom. The van der Waals surface area contributed by atoms with Gasteiger partial charge in [-0.05, 0) is 33.6 Å². The summed E-state index contributed by atoms with van der Waals surface area (Å²) in [4.78, 5) is 9.37. The summed E-state index contributed by atoms with van der Waals surface area (Å²) in [6.07, 6.45) is 5.73. The molecule has 1 saturated heterocycles. The summed E-state index contributed by atoms with van der Waals surface area (Å²) in [6.45, 7) is 9.18. The molecule has 2 aromatic heterocycles.